The van der Waals surface area contributed by atoms with Crippen LogP contribution < -0.4 is 4.74 Å². The highest BCUT2D eigenvalue weighted by Crippen LogP contribution is 2.33. The first-order valence-corrected chi connectivity index (χ1v) is 9.26. The maximum Gasteiger partial charge on any atom is 0.343 e. The van der Waals surface area contributed by atoms with Gasteiger partial charge in [0.15, 0.2) is 16.5 Å². The number of ether oxygens (including phenoxy) is 1. The van der Waals surface area contributed by atoms with Gasteiger partial charge in [-0.2, -0.15) is 17.2 Å². The zero-order valence-electron chi connectivity index (χ0n) is 11.5. The molecule has 134 valence electrons. The van der Waals surface area contributed by atoms with E-state index in [9.17, 15) is 30.8 Å². The first-order valence-electron chi connectivity index (χ1n) is 5.95. The summed E-state index contributed by atoms with van der Waals surface area (Å²) in [4.78, 5) is 9.71. The van der Waals surface area contributed by atoms with Gasteiger partial charge < -0.3 is 4.74 Å². The third-order valence-corrected chi connectivity index (χ3v) is 4.69. The summed E-state index contributed by atoms with van der Waals surface area (Å²) in [6.07, 6.45) is 0. The van der Waals surface area contributed by atoms with Gasteiger partial charge in [-0.15, -0.1) is 0 Å². The fraction of sp³-hybridized carbons (Fsp3) is 0. The first-order chi connectivity index (χ1) is 11.4. The van der Waals surface area contributed by atoms with Gasteiger partial charge in [-0.3, -0.25) is 4.55 Å². The Morgan fingerprint density at radius 3 is 2.00 bits per heavy atom. The molecule has 5 nitrogen and oxygen atoms in total. The van der Waals surface area contributed by atoms with E-state index >= 15 is 0 Å². The van der Waals surface area contributed by atoms with E-state index in [0.717, 1.165) is 0 Å². The van der Waals surface area contributed by atoms with Gasteiger partial charge in [0.2, 0.25) is 17.4 Å². The molecule has 2 rings (SSSR count). The maximum atomic E-state index is 13.8. The third-order valence-electron chi connectivity index (χ3n) is 2.73. The molecule has 0 saturated heterocycles. The van der Waals surface area contributed by atoms with Crippen molar-refractivity contribution in [1.82, 2.24) is 0 Å². The summed E-state index contributed by atoms with van der Waals surface area (Å²) in [5, 5.41) is 0. The van der Waals surface area contributed by atoms with Gasteiger partial charge in [-0.1, -0.05) is 15.9 Å². The summed E-state index contributed by atoms with van der Waals surface area (Å²) in [5.41, 5.74) is -0.197. The number of halogens is 6. The van der Waals surface area contributed by atoms with E-state index in [1.165, 1.54) is 12.1 Å². The van der Waals surface area contributed by atoms with Crippen LogP contribution >= 0.6 is 38.5 Å². The zero-order chi connectivity index (χ0) is 19.1. The van der Waals surface area contributed by atoms with Crippen molar-refractivity contribution < 1.29 is 40.1 Å². The molecule has 0 aromatic heterocycles. The van der Waals surface area contributed by atoms with Gasteiger partial charge in [-0.05, 0) is 40.8 Å². The predicted molar refractivity (Wildman–Crippen MR) is 87.9 cm³/mol. The van der Waals surface area contributed by atoms with Crippen LogP contribution in [0, 0.1) is 26.8 Å². The quantitative estimate of drug-likeness (QED) is 0.154. The standard InChI is InChI=1S/C13H4BrF4IO5S/c14-5-1-4(2-6(19)3-5)13(20)24-11-7(15)9(17)12(25(21,22)23)10(18)8(11)16/h1-3H,(H,21,22,23). The highest BCUT2D eigenvalue weighted by molar-refractivity contribution is 14.1. The lowest BCUT2D eigenvalue weighted by molar-refractivity contribution is 0.0716. The van der Waals surface area contributed by atoms with Gasteiger partial charge in [-0.25, -0.2) is 13.6 Å². The molecule has 0 aliphatic rings. The predicted octanol–water partition coefficient (Wildman–Crippen LogP) is 4.08. The van der Waals surface area contributed by atoms with Gasteiger partial charge in [0, 0.05) is 8.04 Å². The third kappa shape index (κ3) is 4.12. The summed E-state index contributed by atoms with van der Waals surface area (Å²) in [5.74, 6) is -12.5. The van der Waals surface area contributed by atoms with Crippen LogP contribution in [0.3, 0.4) is 0 Å². The van der Waals surface area contributed by atoms with Crippen LogP contribution in [-0.4, -0.2) is 18.9 Å². The van der Waals surface area contributed by atoms with Crippen LogP contribution in [0.1, 0.15) is 10.4 Å². The number of benzene rings is 2. The molecule has 0 amide bonds. The number of rotatable bonds is 3. The van der Waals surface area contributed by atoms with Crippen molar-refractivity contribution in [3.8, 4) is 5.75 Å². The van der Waals surface area contributed by atoms with E-state index in [4.69, 9.17) is 4.55 Å². The van der Waals surface area contributed by atoms with Crippen molar-refractivity contribution in [2.75, 3.05) is 0 Å². The van der Waals surface area contributed by atoms with E-state index in [1.54, 1.807) is 6.07 Å². The van der Waals surface area contributed by atoms with E-state index in [0.29, 0.717) is 8.04 Å². The lowest BCUT2D eigenvalue weighted by Crippen LogP contribution is -2.16. The van der Waals surface area contributed by atoms with E-state index in [1.807, 2.05) is 22.6 Å². The normalized spacial score (nSPS) is 11.5. The molecule has 25 heavy (non-hydrogen) atoms. The fourth-order valence-electron chi connectivity index (χ4n) is 1.73. The highest BCUT2D eigenvalue weighted by atomic mass is 127. The number of hydrogen-bond donors (Lipinski definition) is 1. The molecule has 0 fully saturated rings. The van der Waals surface area contributed by atoms with Gasteiger partial charge in [0.1, 0.15) is 0 Å². The second-order valence-electron chi connectivity index (χ2n) is 4.44. The molecule has 0 aliphatic heterocycles. The Balaban J connectivity index is 2.56. The molecule has 0 saturated carbocycles. The van der Waals surface area contributed by atoms with Crippen LogP contribution in [0.5, 0.6) is 5.75 Å². The molecular weight excluding hydrogens is 551 g/mol. The summed E-state index contributed by atoms with van der Waals surface area (Å²) in [7, 11) is -5.60. The monoisotopic (exact) mass is 554 g/mol. The maximum absolute atomic E-state index is 13.8. The fourth-order valence-corrected chi connectivity index (χ4v) is 3.96. The second-order valence-corrected chi connectivity index (χ2v) is 7.96. The molecule has 0 heterocycles. The molecule has 1 N–H and O–H groups in total. The Hall–Kier alpha value is -1.25. The minimum atomic E-state index is -5.60. The Morgan fingerprint density at radius 1 is 1.04 bits per heavy atom. The van der Waals surface area contributed by atoms with Gasteiger partial charge in [0.05, 0.1) is 5.56 Å². The lowest BCUT2D eigenvalue weighted by Gasteiger charge is -2.11. The van der Waals surface area contributed by atoms with Gasteiger partial charge in [0.25, 0.3) is 0 Å². The van der Waals surface area contributed by atoms with Gasteiger partial charge >= 0.3 is 16.1 Å². The topological polar surface area (TPSA) is 80.7 Å². The van der Waals surface area contributed by atoms with E-state index in [2.05, 4.69) is 20.7 Å². The summed E-state index contributed by atoms with van der Waals surface area (Å²) >= 11 is 4.91. The van der Waals surface area contributed by atoms with Crippen LogP contribution in [-0.2, 0) is 10.1 Å². The van der Waals surface area contributed by atoms with Crippen LogP contribution in [0.4, 0.5) is 17.6 Å². The molecular formula is C13H4BrF4IO5S. The SMILES string of the molecule is O=C(Oc1c(F)c(F)c(S(=O)(=O)O)c(F)c1F)c1cc(Br)cc(I)c1. The number of carbonyl (C=O) groups is 1. The molecule has 12 heteroatoms. The number of esters is 1. The summed E-state index contributed by atoms with van der Waals surface area (Å²) in [6.45, 7) is 0. The van der Waals surface area contributed by atoms with E-state index < -0.39 is 50.0 Å². The average molecular weight is 555 g/mol. The van der Waals surface area contributed by atoms with Crippen molar-refractivity contribution in [2.24, 2.45) is 0 Å². The first kappa shape index (κ1) is 20.1. The molecule has 2 aromatic rings. The largest absolute Gasteiger partial charge is 0.416 e. The van der Waals surface area contributed by atoms with Crippen molar-refractivity contribution in [2.45, 2.75) is 4.90 Å². The van der Waals surface area contributed by atoms with Crippen molar-refractivity contribution in [3.05, 3.63) is 55.1 Å². The Morgan fingerprint density at radius 2 is 1.56 bits per heavy atom. The smallest absolute Gasteiger partial charge is 0.343 e. The van der Waals surface area contributed by atoms with Crippen LogP contribution in [0.2, 0.25) is 0 Å². The molecule has 0 unspecified atom stereocenters. The molecule has 2 aromatic carbocycles. The lowest BCUT2D eigenvalue weighted by atomic mass is 10.2. The second kappa shape index (κ2) is 7.17. The van der Waals surface area contributed by atoms with Crippen molar-refractivity contribution in [1.29, 1.82) is 0 Å². The summed E-state index contributed by atoms with van der Waals surface area (Å²) in [6, 6.07) is 4.08. The number of hydrogen-bond acceptors (Lipinski definition) is 4. The molecule has 0 spiro atoms. The molecule has 0 radical (unpaired) electrons. The Labute approximate surface area is 160 Å². The minimum Gasteiger partial charge on any atom is -0.416 e. The molecule has 0 atom stereocenters. The van der Waals surface area contributed by atoms with Crippen LogP contribution in [0.25, 0.3) is 0 Å². The average Bonchev–Trinajstić information content (AvgIpc) is 2.47. The van der Waals surface area contributed by atoms with Crippen molar-refractivity contribution >= 4 is 54.6 Å². The molecule has 0 aliphatic carbocycles. The van der Waals surface area contributed by atoms with E-state index in [-0.39, 0.29) is 5.56 Å². The minimum absolute atomic E-state index is 0.197. The van der Waals surface area contributed by atoms with Crippen LogP contribution in [0.15, 0.2) is 27.6 Å². The Bertz CT molecular complexity index is 947. The number of carbonyl (C=O) groups excluding carboxylic acids is 1. The highest BCUT2D eigenvalue weighted by Gasteiger charge is 2.34. The van der Waals surface area contributed by atoms with Crippen molar-refractivity contribution in [3.63, 3.8) is 0 Å². The molecule has 0 bridgehead atoms. The Kier molecular flexibility index (Phi) is 5.75. The zero-order valence-corrected chi connectivity index (χ0v) is 16.0. The summed E-state index contributed by atoms with van der Waals surface area (Å²) < 4.78 is 90.6.